The highest BCUT2D eigenvalue weighted by atomic mass is 35.5. The van der Waals surface area contributed by atoms with E-state index in [1.807, 2.05) is 6.07 Å². The number of halogens is 1. The second kappa shape index (κ2) is 6.64. The van der Waals surface area contributed by atoms with Crippen molar-refractivity contribution in [2.75, 3.05) is 19.0 Å². The molecule has 1 rings (SSSR count). The smallest absolute Gasteiger partial charge is 0.250 e. The van der Waals surface area contributed by atoms with Crippen molar-refractivity contribution in [2.24, 2.45) is 5.92 Å². The molecule has 84 valence electrons. The van der Waals surface area contributed by atoms with E-state index < -0.39 is 0 Å². The molecule has 0 amide bonds. The summed E-state index contributed by atoms with van der Waals surface area (Å²) in [5, 5.41) is 3.27. The molecule has 1 atom stereocenters. The zero-order valence-corrected chi connectivity index (χ0v) is 9.70. The first-order valence-corrected chi connectivity index (χ1v) is 5.69. The predicted molar refractivity (Wildman–Crippen MR) is 63.5 cm³/mol. The van der Waals surface area contributed by atoms with Crippen LogP contribution in [0.25, 0.3) is 0 Å². The normalized spacial score (nSPS) is 12.7. The number of nitrogens with one attached hydrogen (secondary N) is 1. The van der Waals surface area contributed by atoms with E-state index in [2.05, 4.69) is 12.2 Å². The number of hydrogen-bond donors (Lipinski definition) is 1. The molecule has 0 aliphatic rings. The van der Waals surface area contributed by atoms with Gasteiger partial charge in [-0.3, -0.25) is 4.79 Å². The van der Waals surface area contributed by atoms with Gasteiger partial charge in [0.15, 0.2) is 0 Å². The van der Waals surface area contributed by atoms with Crippen molar-refractivity contribution in [1.82, 2.24) is 9.88 Å². The quantitative estimate of drug-likeness (QED) is 0.589. The SMILES string of the molecule is CC(CCl)CNCCn1ccccc1=O. The summed E-state index contributed by atoms with van der Waals surface area (Å²) in [6.45, 7) is 4.49. The van der Waals surface area contributed by atoms with Gasteiger partial charge < -0.3 is 9.88 Å². The van der Waals surface area contributed by atoms with Crippen molar-refractivity contribution in [2.45, 2.75) is 13.5 Å². The Hall–Kier alpha value is -0.800. The van der Waals surface area contributed by atoms with Crippen LogP contribution < -0.4 is 10.9 Å². The highest BCUT2D eigenvalue weighted by molar-refractivity contribution is 6.18. The fourth-order valence-electron chi connectivity index (χ4n) is 1.25. The minimum atomic E-state index is 0.0460. The van der Waals surface area contributed by atoms with Gasteiger partial charge >= 0.3 is 0 Å². The van der Waals surface area contributed by atoms with Crippen molar-refractivity contribution in [1.29, 1.82) is 0 Å². The van der Waals surface area contributed by atoms with Crippen LogP contribution in [-0.4, -0.2) is 23.5 Å². The van der Waals surface area contributed by atoms with Gasteiger partial charge in [0.1, 0.15) is 0 Å². The van der Waals surface area contributed by atoms with Gasteiger partial charge in [0, 0.05) is 31.2 Å². The Morgan fingerprint density at radius 2 is 2.33 bits per heavy atom. The lowest BCUT2D eigenvalue weighted by Crippen LogP contribution is -2.29. The molecule has 3 nitrogen and oxygen atoms in total. The summed E-state index contributed by atoms with van der Waals surface area (Å²) >= 11 is 5.68. The average Bonchev–Trinajstić information content (AvgIpc) is 2.26. The van der Waals surface area contributed by atoms with Crippen LogP contribution in [0.1, 0.15) is 6.92 Å². The number of aromatic nitrogens is 1. The summed E-state index contributed by atoms with van der Waals surface area (Å²) in [5.41, 5.74) is 0.0460. The molecule has 0 fully saturated rings. The third-order valence-electron chi connectivity index (χ3n) is 2.18. The first-order valence-electron chi connectivity index (χ1n) is 5.16. The minimum Gasteiger partial charge on any atom is -0.315 e. The molecule has 1 N–H and O–H groups in total. The maximum Gasteiger partial charge on any atom is 0.250 e. The Bertz CT molecular complexity index is 337. The summed E-state index contributed by atoms with van der Waals surface area (Å²) in [6.07, 6.45) is 1.80. The van der Waals surface area contributed by atoms with E-state index in [1.165, 1.54) is 0 Å². The van der Waals surface area contributed by atoms with Gasteiger partial charge in [0.05, 0.1) is 0 Å². The third-order valence-corrected chi connectivity index (χ3v) is 2.71. The number of hydrogen-bond acceptors (Lipinski definition) is 2. The first-order chi connectivity index (χ1) is 7.24. The molecule has 4 heteroatoms. The molecule has 1 unspecified atom stereocenters. The lowest BCUT2D eigenvalue weighted by molar-refractivity contribution is 0.523. The zero-order valence-electron chi connectivity index (χ0n) is 8.95. The van der Waals surface area contributed by atoms with Crippen LogP contribution in [0.3, 0.4) is 0 Å². The Morgan fingerprint density at radius 1 is 1.53 bits per heavy atom. The molecule has 0 spiro atoms. The van der Waals surface area contributed by atoms with Crippen LogP contribution in [0.15, 0.2) is 29.2 Å². The molecular formula is C11H17ClN2O. The second-order valence-corrected chi connectivity index (χ2v) is 4.00. The number of rotatable bonds is 6. The number of nitrogens with zero attached hydrogens (tertiary/aromatic N) is 1. The maximum atomic E-state index is 11.3. The van der Waals surface area contributed by atoms with Gasteiger partial charge in [-0.15, -0.1) is 11.6 Å². The van der Waals surface area contributed by atoms with Crippen molar-refractivity contribution in [3.8, 4) is 0 Å². The summed E-state index contributed by atoms with van der Waals surface area (Å²) in [4.78, 5) is 11.3. The largest absolute Gasteiger partial charge is 0.315 e. The van der Waals surface area contributed by atoms with E-state index >= 15 is 0 Å². The monoisotopic (exact) mass is 228 g/mol. The standard InChI is InChI=1S/C11H17ClN2O/c1-10(8-12)9-13-5-7-14-6-3-2-4-11(14)15/h2-4,6,10,13H,5,7-9H2,1H3. The lowest BCUT2D eigenvalue weighted by atomic mass is 10.2. The van der Waals surface area contributed by atoms with Gasteiger partial charge in [0.2, 0.25) is 0 Å². The maximum absolute atomic E-state index is 11.3. The molecule has 1 aromatic rings. The molecule has 0 aliphatic heterocycles. The first kappa shape index (κ1) is 12.3. The topological polar surface area (TPSA) is 34.0 Å². The summed E-state index contributed by atoms with van der Waals surface area (Å²) in [5.74, 6) is 1.14. The van der Waals surface area contributed by atoms with Crippen LogP contribution >= 0.6 is 11.6 Å². The Kier molecular flexibility index (Phi) is 5.43. The molecule has 15 heavy (non-hydrogen) atoms. The van der Waals surface area contributed by atoms with Gasteiger partial charge in [-0.1, -0.05) is 13.0 Å². The fourth-order valence-corrected chi connectivity index (χ4v) is 1.36. The molecule has 1 aromatic heterocycles. The molecule has 0 bridgehead atoms. The van der Waals surface area contributed by atoms with E-state index in [9.17, 15) is 4.79 Å². The van der Waals surface area contributed by atoms with E-state index in [1.54, 1.807) is 22.9 Å². The van der Waals surface area contributed by atoms with E-state index in [0.29, 0.717) is 18.3 Å². The Morgan fingerprint density at radius 3 is 3.00 bits per heavy atom. The summed E-state index contributed by atoms with van der Waals surface area (Å²) in [7, 11) is 0. The summed E-state index contributed by atoms with van der Waals surface area (Å²) < 4.78 is 1.69. The average molecular weight is 229 g/mol. The number of alkyl halides is 1. The van der Waals surface area contributed by atoms with Crippen molar-refractivity contribution >= 4 is 11.6 Å². The predicted octanol–water partition coefficient (Wildman–Crippen LogP) is 1.31. The number of pyridine rings is 1. The molecular weight excluding hydrogens is 212 g/mol. The highest BCUT2D eigenvalue weighted by Gasteiger charge is 1.98. The molecule has 0 saturated heterocycles. The zero-order chi connectivity index (χ0) is 11.1. The Balaban J connectivity index is 2.26. The molecule has 1 heterocycles. The lowest BCUT2D eigenvalue weighted by Gasteiger charge is -2.09. The van der Waals surface area contributed by atoms with Crippen molar-refractivity contribution in [3.63, 3.8) is 0 Å². The van der Waals surface area contributed by atoms with Gasteiger partial charge in [-0.25, -0.2) is 0 Å². The Labute approximate surface area is 95.1 Å². The van der Waals surface area contributed by atoms with Crippen LogP contribution in [0.5, 0.6) is 0 Å². The van der Waals surface area contributed by atoms with Crippen LogP contribution in [0, 0.1) is 5.92 Å². The molecule has 0 aliphatic carbocycles. The summed E-state index contributed by atoms with van der Waals surface area (Å²) in [6, 6.07) is 5.19. The minimum absolute atomic E-state index is 0.0460. The second-order valence-electron chi connectivity index (χ2n) is 3.70. The fraction of sp³-hybridized carbons (Fsp3) is 0.545. The van der Waals surface area contributed by atoms with E-state index in [0.717, 1.165) is 13.1 Å². The van der Waals surface area contributed by atoms with Gasteiger partial charge in [-0.05, 0) is 18.5 Å². The highest BCUT2D eigenvalue weighted by Crippen LogP contribution is 1.94. The van der Waals surface area contributed by atoms with Crippen LogP contribution in [0.2, 0.25) is 0 Å². The van der Waals surface area contributed by atoms with E-state index in [-0.39, 0.29) is 5.56 Å². The molecule has 0 aromatic carbocycles. The van der Waals surface area contributed by atoms with Crippen molar-refractivity contribution < 1.29 is 0 Å². The van der Waals surface area contributed by atoms with Crippen molar-refractivity contribution in [3.05, 3.63) is 34.7 Å². The van der Waals surface area contributed by atoms with Gasteiger partial charge in [-0.2, -0.15) is 0 Å². The molecule has 0 saturated carbocycles. The van der Waals surface area contributed by atoms with Crippen LogP contribution in [-0.2, 0) is 6.54 Å². The van der Waals surface area contributed by atoms with Crippen LogP contribution in [0.4, 0.5) is 0 Å². The molecule has 0 radical (unpaired) electrons. The van der Waals surface area contributed by atoms with Gasteiger partial charge in [0.25, 0.3) is 5.56 Å². The third kappa shape index (κ3) is 4.49. The van der Waals surface area contributed by atoms with E-state index in [4.69, 9.17) is 11.6 Å².